The average Bonchev–Trinajstić information content (AvgIpc) is 2.76. The molecule has 202 valence electrons. The largest absolute Gasteiger partial charge is 0.465 e. The fourth-order valence-corrected chi connectivity index (χ4v) is 7.52. The maximum atomic E-state index is 12.2. The van der Waals surface area contributed by atoms with Gasteiger partial charge in [0.25, 0.3) is 5.91 Å². The molecule has 0 aromatic heterocycles. The SMILES string of the molecule is CC1=Cc2cc(C)c(C(=O)N=C(N)N)cc2S(=O)(=O)C1.COC(=O)c1cc2c(cc1C)C=C(C)CS2(=O)=O. The monoisotopic (exact) mass is 559 g/mol. The number of aliphatic imine (C=N–C) groups is 1. The smallest absolute Gasteiger partial charge is 0.338 e. The average molecular weight is 560 g/mol. The number of carbonyl (C=O) groups is 2. The third-order valence-corrected chi connectivity index (χ3v) is 9.61. The second-order valence-corrected chi connectivity index (χ2v) is 13.2. The predicted octanol–water partition coefficient (Wildman–Crippen LogP) is 2.57. The van der Waals surface area contributed by atoms with Crippen LogP contribution in [0.15, 0.2) is 50.2 Å². The number of rotatable bonds is 2. The van der Waals surface area contributed by atoms with Gasteiger partial charge in [0.1, 0.15) is 0 Å². The van der Waals surface area contributed by atoms with Crippen LogP contribution in [0.5, 0.6) is 0 Å². The van der Waals surface area contributed by atoms with Crippen molar-refractivity contribution in [3.63, 3.8) is 0 Å². The zero-order chi connectivity index (χ0) is 28.6. The first-order valence-corrected chi connectivity index (χ1v) is 14.7. The van der Waals surface area contributed by atoms with E-state index in [0.29, 0.717) is 27.8 Å². The van der Waals surface area contributed by atoms with E-state index in [1.807, 2.05) is 6.08 Å². The Hall–Kier alpha value is -3.77. The minimum atomic E-state index is -3.42. The van der Waals surface area contributed by atoms with Gasteiger partial charge in [-0.25, -0.2) is 21.6 Å². The lowest BCUT2D eigenvalue weighted by molar-refractivity contribution is 0.0599. The van der Waals surface area contributed by atoms with Gasteiger partial charge >= 0.3 is 5.97 Å². The predicted molar refractivity (Wildman–Crippen MR) is 145 cm³/mol. The lowest BCUT2D eigenvalue weighted by atomic mass is 10.0. The second kappa shape index (κ2) is 10.5. The van der Waals surface area contributed by atoms with Crippen LogP contribution in [0.3, 0.4) is 0 Å². The van der Waals surface area contributed by atoms with Crippen molar-refractivity contribution in [1.29, 1.82) is 0 Å². The summed E-state index contributed by atoms with van der Waals surface area (Å²) in [7, 11) is -5.49. The number of amides is 1. The van der Waals surface area contributed by atoms with Gasteiger partial charge in [-0.05, 0) is 74.2 Å². The van der Waals surface area contributed by atoms with E-state index in [-0.39, 0.29) is 32.8 Å². The Morgan fingerprint density at radius 1 is 0.763 bits per heavy atom. The fourth-order valence-electron chi connectivity index (χ4n) is 4.29. The van der Waals surface area contributed by atoms with Crippen molar-refractivity contribution in [2.75, 3.05) is 18.6 Å². The van der Waals surface area contributed by atoms with Crippen molar-refractivity contribution in [3.8, 4) is 0 Å². The van der Waals surface area contributed by atoms with Gasteiger partial charge in [-0.3, -0.25) is 4.79 Å². The minimum Gasteiger partial charge on any atom is -0.465 e. The van der Waals surface area contributed by atoms with Crippen molar-refractivity contribution < 1.29 is 31.2 Å². The van der Waals surface area contributed by atoms with Gasteiger partial charge in [-0.1, -0.05) is 23.3 Å². The van der Waals surface area contributed by atoms with Crippen LogP contribution >= 0.6 is 0 Å². The molecule has 0 unspecified atom stereocenters. The van der Waals surface area contributed by atoms with Gasteiger partial charge < -0.3 is 16.2 Å². The number of fused-ring (bicyclic) bond motifs is 2. The number of methoxy groups -OCH3 is 1. The number of nitrogens with two attached hydrogens (primary N) is 2. The third kappa shape index (κ3) is 6.03. The molecule has 0 atom stereocenters. The highest BCUT2D eigenvalue weighted by Gasteiger charge is 2.27. The summed E-state index contributed by atoms with van der Waals surface area (Å²) in [4.78, 5) is 27.2. The van der Waals surface area contributed by atoms with Crippen LogP contribution < -0.4 is 11.5 Å². The van der Waals surface area contributed by atoms with Crippen molar-refractivity contribution in [1.82, 2.24) is 0 Å². The maximum Gasteiger partial charge on any atom is 0.338 e. The van der Waals surface area contributed by atoms with Gasteiger partial charge in [0.15, 0.2) is 25.6 Å². The summed E-state index contributed by atoms with van der Waals surface area (Å²) in [5.41, 5.74) is 15.0. The van der Waals surface area contributed by atoms with Crippen LogP contribution in [-0.4, -0.2) is 53.3 Å². The van der Waals surface area contributed by atoms with Crippen molar-refractivity contribution in [3.05, 3.63) is 68.8 Å². The molecule has 0 spiro atoms. The normalized spacial score (nSPS) is 16.3. The third-order valence-electron chi connectivity index (χ3n) is 5.89. The lowest BCUT2D eigenvalue weighted by Gasteiger charge is -2.17. The Labute approximate surface area is 221 Å². The highest BCUT2D eigenvalue weighted by atomic mass is 32.2. The Balaban J connectivity index is 0.000000212. The lowest BCUT2D eigenvalue weighted by Crippen LogP contribution is -2.24. The zero-order valence-electron chi connectivity index (χ0n) is 21.7. The number of carbonyl (C=O) groups excluding carboxylic acids is 2. The number of aryl methyl sites for hydroxylation is 2. The van der Waals surface area contributed by atoms with Crippen LogP contribution in [-0.2, 0) is 24.4 Å². The maximum absolute atomic E-state index is 12.2. The topological polar surface area (TPSA) is 176 Å². The Morgan fingerprint density at radius 3 is 1.61 bits per heavy atom. The highest BCUT2D eigenvalue weighted by Crippen LogP contribution is 2.31. The Morgan fingerprint density at radius 2 is 1.18 bits per heavy atom. The summed E-state index contributed by atoms with van der Waals surface area (Å²) >= 11 is 0. The standard InChI is InChI=1S/C13H15N3O3S.C13H14O4S/c1-7-3-9-4-8(2)10(12(17)16-13(14)15)5-11(9)20(18,19)6-7;1-8-4-10-5-9(2)11(13(14)17-3)6-12(10)18(15,16)7-8/h3-5H,6H2,1-2H3,(H4,14,15,16,17);4-6H,7H2,1-3H3. The van der Waals surface area contributed by atoms with Crippen LogP contribution in [0.2, 0.25) is 0 Å². The molecular weight excluding hydrogens is 530 g/mol. The number of esters is 1. The minimum absolute atomic E-state index is 0.00364. The summed E-state index contributed by atoms with van der Waals surface area (Å²) in [5, 5.41) is 0. The van der Waals surface area contributed by atoms with E-state index in [1.54, 1.807) is 45.9 Å². The molecule has 2 aliphatic heterocycles. The number of benzene rings is 2. The molecule has 10 nitrogen and oxygen atoms in total. The first-order valence-electron chi connectivity index (χ1n) is 11.4. The van der Waals surface area contributed by atoms with Gasteiger partial charge in [0, 0.05) is 5.56 Å². The molecule has 0 fully saturated rings. The van der Waals surface area contributed by atoms with E-state index in [9.17, 15) is 26.4 Å². The van der Waals surface area contributed by atoms with Crippen molar-refractivity contribution in [2.45, 2.75) is 37.5 Å². The van der Waals surface area contributed by atoms with Crippen LogP contribution in [0.1, 0.15) is 56.8 Å². The van der Waals surface area contributed by atoms with Gasteiger partial charge in [0.2, 0.25) is 0 Å². The number of hydrogen-bond donors (Lipinski definition) is 2. The molecule has 1 amide bonds. The molecule has 0 bridgehead atoms. The van der Waals surface area contributed by atoms with E-state index in [0.717, 1.165) is 11.1 Å². The van der Waals surface area contributed by atoms with E-state index in [1.165, 1.54) is 19.2 Å². The first kappa shape index (κ1) is 28.8. The van der Waals surface area contributed by atoms with Crippen molar-refractivity contribution >= 4 is 49.7 Å². The zero-order valence-corrected chi connectivity index (χ0v) is 23.3. The fraction of sp³-hybridized carbons (Fsp3) is 0.269. The van der Waals surface area contributed by atoms with E-state index in [4.69, 9.17) is 11.5 Å². The Bertz CT molecular complexity index is 1660. The van der Waals surface area contributed by atoms with Crippen LogP contribution in [0.25, 0.3) is 12.2 Å². The molecule has 2 heterocycles. The van der Waals surface area contributed by atoms with Gasteiger partial charge in [-0.15, -0.1) is 0 Å². The molecule has 2 aliphatic rings. The summed E-state index contributed by atoms with van der Waals surface area (Å²) in [6, 6.07) is 6.12. The molecule has 4 N–H and O–H groups in total. The van der Waals surface area contributed by atoms with E-state index in [2.05, 4.69) is 9.73 Å². The number of sulfone groups is 2. The number of guanidine groups is 1. The molecule has 4 rings (SSSR count). The summed E-state index contributed by atoms with van der Waals surface area (Å²) in [6.45, 7) is 7.01. The molecule has 0 saturated heterocycles. The van der Waals surface area contributed by atoms with E-state index < -0.39 is 31.6 Å². The van der Waals surface area contributed by atoms with Gasteiger partial charge in [0.05, 0.1) is 34.0 Å². The van der Waals surface area contributed by atoms with E-state index >= 15 is 0 Å². The quantitative estimate of drug-likeness (QED) is 0.318. The summed E-state index contributed by atoms with van der Waals surface area (Å²) in [5.74, 6) is -1.56. The number of ether oxygens (including phenoxy) is 1. The molecular formula is C26H29N3O7S2. The van der Waals surface area contributed by atoms with Gasteiger partial charge in [-0.2, -0.15) is 4.99 Å². The molecule has 12 heteroatoms. The molecule has 2 aromatic rings. The molecule has 38 heavy (non-hydrogen) atoms. The van der Waals surface area contributed by atoms with Crippen LogP contribution in [0.4, 0.5) is 0 Å². The number of nitrogens with zero attached hydrogens (tertiary/aromatic N) is 1. The highest BCUT2D eigenvalue weighted by molar-refractivity contribution is 7.92. The first-order chi connectivity index (χ1) is 17.6. The Kier molecular flexibility index (Phi) is 7.99. The molecule has 0 aliphatic carbocycles. The summed E-state index contributed by atoms with van der Waals surface area (Å²) in [6.07, 6.45) is 3.64. The molecule has 2 aromatic carbocycles. The molecule has 0 saturated carbocycles. The number of hydrogen-bond acceptors (Lipinski definition) is 7. The van der Waals surface area contributed by atoms with Crippen LogP contribution in [0, 0.1) is 13.8 Å². The summed E-state index contributed by atoms with van der Waals surface area (Å²) < 4.78 is 53.1. The molecule has 0 radical (unpaired) electrons. The second-order valence-electron chi connectivity index (χ2n) is 9.24. The van der Waals surface area contributed by atoms with Crippen molar-refractivity contribution in [2.24, 2.45) is 16.5 Å².